The molecule has 0 saturated heterocycles. The lowest BCUT2D eigenvalue weighted by atomic mass is 9.92. The summed E-state index contributed by atoms with van der Waals surface area (Å²) in [5, 5.41) is 9.78. The van der Waals surface area contributed by atoms with Gasteiger partial charge in [0.1, 0.15) is 0 Å². The maximum absolute atomic E-state index is 12.5. The number of benzene rings is 1. The average molecular weight is 381 g/mol. The van der Waals surface area contributed by atoms with Crippen LogP contribution in [0.15, 0.2) is 18.2 Å². The molecule has 0 aliphatic carbocycles. The highest BCUT2D eigenvalue weighted by Gasteiger charge is 2.20. The largest absolute Gasteiger partial charge is 0.493 e. The van der Waals surface area contributed by atoms with Gasteiger partial charge in [0.2, 0.25) is 0 Å². The summed E-state index contributed by atoms with van der Waals surface area (Å²) in [6, 6.07) is 4.63. The van der Waals surface area contributed by atoms with Crippen molar-refractivity contribution in [2.24, 2.45) is 5.73 Å². The number of hydrogen-bond acceptors (Lipinski definition) is 5. The third kappa shape index (κ3) is 4.66. The van der Waals surface area contributed by atoms with Gasteiger partial charge in [0, 0.05) is 22.7 Å². The summed E-state index contributed by atoms with van der Waals surface area (Å²) in [5.41, 5.74) is 6.07. The molecular formula is C17H21ClN4O4. The second kappa shape index (κ2) is 7.65. The Bertz CT molecular complexity index is 827. The zero-order chi connectivity index (χ0) is 19.5. The topological polar surface area (TPSA) is 119 Å². The molecule has 8 nitrogen and oxygen atoms in total. The van der Waals surface area contributed by atoms with Crippen molar-refractivity contribution in [2.75, 3.05) is 19.0 Å². The SMILES string of the molecule is COc1cc(C(=O)Nc2cc(C(C)(C)C)[nH]n2)cc(Cl)c1OCC(N)=O. The minimum Gasteiger partial charge on any atom is -0.493 e. The molecule has 2 aromatic rings. The van der Waals surface area contributed by atoms with E-state index in [0.717, 1.165) is 5.69 Å². The second-order valence-corrected chi connectivity index (χ2v) is 7.02. The van der Waals surface area contributed by atoms with Crippen LogP contribution >= 0.6 is 11.6 Å². The lowest BCUT2D eigenvalue weighted by Gasteiger charge is -2.14. The van der Waals surface area contributed by atoms with Gasteiger partial charge < -0.3 is 20.5 Å². The van der Waals surface area contributed by atoms with E-state index < -0.39 is 11.8 Å². The molecule has 1 aromatic heterocycles. The number of primary amides is 1. The van der Waals surface area contributed by atoms with Gasteiger partial charge in [-0.15, -0.1) is 0 Å². The Kier molecular flexibility index (Phi) is 5.76. The van der Waals surface area contributed by atoms with E-state index in [0.29, 0.717) is 5.82 Å². The van der Waals surface area contributed by atoms with Crippen LogP contribution in [0.25, 0.3) is 0 Å². The number of carbonyl (C=O) groups is 2. The number of hydrogen-bond donors (Lipinski definition) is 3. The van der Waals surface area contributed by atoms with Crippen LogP contribution in [0.4, 0.5) is 5.82 Å². The fourth-order valence-corrected chi connectivity index (χ4v) is 2.36. The van der Waals surface area contributed by atoms with Crippen molar-refractivity contribution >= 4 is 29.2 Å². The number of aromatic amines is 1. The van der Waals surface area contributed by atoms with Crippen LogP contribution < -0.4 is 20.5 Å². The summed E-state index contributed by atoms with van der Waals surface area (Å²) in [6.45, 7) is 5.73. The van der Waals surface area contributed by atoms with Crippen LogP contribution in [0.1, 0.15) is 36.8 Å². The summed E-state index contributed by atoms with van der Waals surface area (Å²) < 4.78 is 10.4. The van der Waals surface area contributed by atoms with Gasteiger partial charge in [0.15, 0.2) is 23.9 Å². The number of anilines is 1. The van der Waals surface area contributed by atoms with Gasteiger partial charge in [0.25, 0.3) is 11.8 Å². The first kappa shape index (κ1) is 19.6. The quantitative estimate of drug-likeness (QED) is 0.711. The van der Waals surface area contributed by atoms with Crippen LogP contribution in [0.2, 0.25) is 5.02 Å². The van der Waals surface area contributed by atoms with Gasteiger partial charge >= 0.3 is 0 Å². The van der Waals surface area contributed by atoms with E-state index in [-0.39, 0.29) is 34.1 Å². The molecule has 1 aromatic carbocycles. The standard InChI is InChI=1S/C17H21ClN4O4/c1-17(2,3)12-7-14(22-21-12)20-16(24)9-5-10(18)15(11(6-9)25-4)26-8-13(19)23/h5-7H,8H2,1-4H3,(H2,19,23)(H2,20,21,22,24). The van der Waals surface area contributed by atoms with E-state index in [4.69, 9.17) is 26.8 Å². The van der Waals surface area contributed by atoms with E-state index in [1.807, 2.05) is 20.8 Å². The fourth-order valence-electron chi connectivity index (χ4n) is 2.09. The lowest BCUT2D eigenvalue weighted by molar-refractivity contribution is -0.119. The van der Waals surface area contributed by atoms with Crippen LogP contribution in [0.5, 0.6) is 11.5 Å². The maximum atomic E-state index is 12.5. The van der Waals surface area contributed by atoms with E-state index >= 15 is 0 Å². The Morgan fingerprint density at radius 3 is 2.54 bits per heavy atom. The summed E-state index contributed by atoms with van der Waals surface area (Å²) in [4.78, 5) is 23.4. The Hall–Kier alpha value is -2.74. The summed E-state index contributed by atoms with van der Waals surface area (Å²) in [7, 11) is 1.40. The highest BCUT2D eigenvalue weighted by atomic mass is 35.5. The number of aromatic nitrogens is 2. The number of carbonyl (C=O) groups excluding carboxylic acids is 2. The van der Waals surface area contributed by atoms with E-state index in [2.05, 4.69) is 15.5 Å². The number of halogens is 1. The number of methoxy groups -OCH3 is 1. The Morgan fingerprint density at radius 2 is 2.00 bits per heavy atom. The molecule has 0 aliphatic rings. The third-order valence-corrected chi connectivity index (χ3v) is 3.76. The minimum atomic E-state index is -0.655. The van der Waals surface area contributed by atoms with Gasteiger partial charge in [-0.1, -0.05) is 32.4 Å². The van der Waals surface area contributed by atoms with Gasteiger partial charge in [0.05, 0.1) is 12.1 Å². The molecule has 0 radical (unpaired) electrons. The van der Waals surface area contributed by atoms with Crippen molar-refractivity contribution in [3.63, 3.8) is 0 Å². The Labute approximate surface area is 156 Å². The number of H-pyrrole nitrogens is 1. The van der Waals surface area contributed by atoms with Gasteiger partial charge in [-0.2, -0.15) is 5.10 Å². The van der Waals surface area contributed by atoms with Crippen LogP contribution in [-0.2, 0) is 10.2 Å². The first-order chi connectivity index (χ1) is 12.1. The van der Waals surface area contributed by atoms with E-state index in [1.54, 1.807) is 6.07 Å². The molecule has 2 amide bonds. The third-order valence-electron chi connectivity index (χ3n) is 3.48. The van der Waals surface area contributed by atoms with Crippen molar-refractivity contribution in [1.29, 1.82) is 0 Å². The number of nitrogens with zero attached hydrogens (tertiary/aromatic N) is 1. The van der Waals surface area contributed by atoms with Crippen molar-refractivity contribution in [2.45, 2.75) is 26.2 Å². The normalized spacial score (nSPS) is 11.1. The molecule has 0 spiro atoms. The molecule has 1 heterocycles. The minimum absolute atomic E-state index is 0.119. The lowest BCUT2D eigenvalue weighted by Crippen LogP contribution is -2.20. The van der Waals surface area contributed by atoms with E-state index in [1.165, 1.54) is 19.2 Å². The Morgan fingerprint density at radius 1 is 1.31 bits per heavy atom. The van der Waals surface area contributed by atoms with Gasteiger partial charge in [-0.25, -0.2) is 0 Å². The molecule has 0 fully saturated rings. The highest BCUT2D eigenvalue weighted by molar-refractivity contribution is 6.32. The molecule has 26 heavy (non-hydrogen) atoms. The number of ether oxygens (including phenoxy) is 2. The first-order valence-corrected chi connectivity index (χ1v) is 8.15. The van der Waals surface area contributed by atoms with Crippen LogP contribution in [-0.4, -0.2) is 35.7 Å². The molecule has 0 bridgehead atoms. The van der Waals surface area contributed by atoms with Crippen molar-refractivity contribution in [3.05, 3.63) is 34.5 Å². The smallest absolute Gasteiger partial charge is 0.257 e. The molecule has 140 valence electrons. The molecular weight excluding hydrogens is 360 g/mol. The predicted octanol–water partition coefficient (Wildman–Crippen LogP) is 2.49. The second-order valence-electron chi connectivity index (χ2n) is 6.62. The zero-order valence-electron chi connectivity index (χ0n) is 15.0. The van der Waals surface area contributed by atoms with Crippen LogP contribution in [0, 0.1) is 0 Å². The summed E-state index contributed by atoms with van der Waals surface area (Å²) in [5.74, 6) is -0.332. The molecule has 0 unspecified atom stereocenters. The average Bonchev–Trinajstić information content (AvgIpc) is 3.01. The predicted molar refractivity (Wildman–Crippen MR) is 97.9 cm³/mol. The number of amides is 2. The molecule has 0 aliphatic heterocycles. The van der Waals surface area contributed by atoms with Gasteiger partial charge in [-0.3, -0.25) is 14.7 Å². The van der Waals surface area contributed by atoms with Crippen LogP contribution in [0.3, 0.4) is 0 Å². The van der Waals surface area contributed by atoms with Crippen molar-refractivity contribution in [3.8, 4) is 11.5 Å². The van der Waals surface area contributed by atoms with E-state index in [9.17, 15) is 9.59 Å². The maximum Gasteiger partial charge on any atom is 0.257 e. The van der Waals surface area contributed by atoms with Gasteiger partial charge in [-0.05, 0) is 12.1 Å². The number of nitrogens with one attached hydrogen (secondary N) is 2. The molecule has 0 saturated carbocycles. The zero-order valence-corrected chi connectivity index (χ0v) is 15.7. The number of nitrogens with two attached hydrogens (primary N) is 1. The summed E-state index contributed by atoms with van der Waals surface area (Å²) >= 11 is 6.15. The molecule has 9 heteroatoms. The molecule has 4 N–H and O–H groups in total. The number of rotatable bonds is 6. The fraction of sp³-hybridized carbons (Fsp3) is 0.353. The monoisotopic (exact) mass is 380 g/mol. The molecule has 0 atom stereocenters. The van der Waals surface area contributed by atoms with Crippen molar-refractivity contribution < 1.29 is 19.1 Å². The Balaban J connectivity index is 2.22. The van der Waals surface area contributed by atoms with Crippen molar-refractivity contribution in [1.82, 2.24) is 10.2 Å². The first-order valence-electron chi connectivity index (χ1n) is 7.77. The molecule has 2 rings (SSSR count). The summed E-state index contributed by atoms with van der Waals surface area (Å²) in [6.07, 6.45) is 0. The highest BCUT2D eigenvalue weighted by Crippen LogP contribution is 2.36.